The summed E-state index contributed by atoms with van der Waals surface area (Å²) < 4.78 is 23.8. The standard InChI is InChI=1S/C33H35NO4/c1-35-28-14-16-30(17-15-28)38-33-19-18-31(36-23-22-34-20-6-3-7-21-34)24-32(33)27-10-12-29(13-11-27)37-25-26-8-4-2-5-9-26/h2,4-5,8-19,24H,3,6-7,20-23,25H2,1H3. The maximum Gasteiger partial charge on any atom is 0.135 e. The Morgan fingerprint density at radius 1 is 0.658 bits per heavy atom. The molecule has 0 spiro atoms. The van der Waals surface area contributed by atoms with Crippen LogP contribution in [0.25, 0.3) is 11.1 Å². The predicted molar refractivity (Wildman–Crippen MR) is 152 cm³/mol. The molecule has 1 saturated heterocycles. The first-order chi connectivity index (χ1) is 18.8. The second-order valence-corrected chi connectivity index (χ2v) is 9.48. The Kier molecular flexibility index (Phi) is 8.80. The van der Waals surface area contributed by atoms with Crippen LogP contribution in [0.15, 0.2) is 97.1 Å². The molecule has 1 fully saturated rings. The Hall–Kier alpha value is -3.96. The minimum atomic E-state index is 0.534. The second kappa shape index (κ2) is 13.0. The van der Waals surface area contributed by atoms with Crippen molar-refractivity contribution in [3.8, 4) is 39.9 Å². The number of methoxy groups -OCH3 is 1. The summed E-state index contributed by atoms with van der Waals surface area (Å²) >= 11 is 0. The Bertz CT molecular complexity index is 1270. The molecule has 0 unspecified atom stereocenters. The first-order valence-electron chi connectivity index (χ1n) is 13.3. The summed E-state index contributed by atoms with van der Waals surface area (Å²) in [5, 5.41) is 0. The smallest absolute Gasteiger partial charge is 0.135 e. The minimum Gasteiger partial charge on any atom is -0.497 e. The van der Waals surface area contributed by atoms with Gasteiger partial charge in [0.2, 0.25) is 0 Å². The third kappa shape index (κ3) is 7.08. The number of likely N-dealkylation sites (tertiary alicyclic amines) is 1. The number of hydrogen-bond donors (Lipinski definition) is 0. The second-order valence-electron chi connectivity index (χ2n) is 9.48. The van der Waals surface area contributed by atoms with E-state index in [4.69, 9.17) is 18.9 Å². The fraction of sp³-hybridized carbons (Fsp3) is 0.273. The van der Waals surface area contributed by atoms with Gasteiger partial charge in [0.05, 0.1) is 7.11 Å². The summed E-state index contributed by atoms with van der Waals surface area (Å²) in [5.41, 5.74) is 3.13. The Morgan fingerprint density at radius 3 is 2.08 bits per heavy atom. The Morgan fingerprint density at radius 2 is 1.34 bits per heavy atom. The third-order valence-corrected chi connectivity index (χ3v) is 6.78. The van der Waals surface area contributed by atoms with E-state index in [1.54, 1.807) is 7.11 Å². The summed E-state index contributed by atoms with van der Waals surface area (Å²) in [5.74, 6) is 3.96. The summed E-state index contributed by atoms with van der Waals surface area (Å²) in [6, 6.07) is 31.9. The van der Waals surface area contributed by atoms with E-state index in [-0.39, 0.29) is 0 Å². The number of hydrogen-bond acceptors (Lipinski definition) is 5. The topological polar surface area (TPSA) is 40.2 Å². The normalized spacial score (nSPS) is 13.6. The van der Waals surface area contributed by atoms with Gasteiger partial charge >= 0.3 is 0 Å². The first-order valence-corrected chi connectivity index (χ1v) is 13.3. The van der Waals surface area contributed by atoms with E-state index in [1.807, 2.05) is 66.7 Å². The van der Waals surface area contributed by atoms with Crippen LogP contribution in [-0.4, -0.2) is 38.3 Å². The van der Waals surface area contributed by atoms with Gasteiger partial charge in [-0.25, -0.2) is 0 Å². The van der Waals surface area contributed by atoms with Crippen molar-refractivity contribution in [1.29, 1.82) is 0 Å². The molecule has 4 aromatic carbocycles. The lowest BCUT2D eigenvalue weighted by atomic mass is 10.0. The molecular formula is C33H35NO4. The molecule has 5 rings (SSSR count). The molecule has 38 heavy (non-hydrogen) atoms. The molecule has 0 radical (unpaired) electrons. The van der Waals surface area contributed by atoms with Crippen molar-refractivity contribution >= 4 is 0 Å². The zero-order chi connectivity index (χ0) is 26.0. The van der Waals surface area contributed by atoms with Crippen molar-refractivity contribution in [2.24, 2.45) is 0 Å². The highest BCUT2D eigenvalue weighted by Crippen LogP contribution is 2.37. The molecule has 4 aromatic rings. The van der Waals surface area contributed by atoms with Gasteiger partial charge in [0, 0.05) is 12.1 Å². The molecule has 0 amide bonds. The lowest BCUT2D eigenvalue weighted by Gasteiger charge is -2.26. The van der Waals surface area contributed by atoms with Gasteiger partial charge in [0.15, 0.2) is 0 Å². The zero-order valence-electron chi connectivity index (χ0n) is 22.0. The Labute approximate surface area is 225 Å². The van der Waals surface area contributed by atoms with Crippen LogP contribution in [0.2, 0.25) is 0 Å². The molecule has 0 aliphatic carbocycles. The van der Waals surface area contributed by atoms with E-state index >= 15 is 0 Å². The average Bonchev–Trinajstić information content (AvgIpc) is 2.98. The van der Waals surface area contributed by atoms with Crippen molar-refractivity contribution in [3.05, 3.63) is 103 Å². The van der Waals surface area contributed by atoms with Gasteiger partial charge in [0.1, 0.15) is 42.0 Å². The van der Waals surface area contributed by atoms with Crippen LogP contribution >= 0.6 is 0 Å². The summed E-state index contributed by atoms with van der Waals surface area (Å²) in [7, 11) is 1.66. The van der Waals surface area contributed by atoms with Gasteiger partial charge in [-0.15, -0.1) is 0 Å². The van der Waals surface area contributed by atoms with Crippen molar-refractivity contribution in [2.75, 3.05) is 33.4 Å². The van der Waals surface area contributed by atoms with E-state index < -0.39 is 0 Å². The van der Waals surface area contributed by atoms with Crippen LogP contribution in [-0.2, 0) is 6.61 Å². The van der Waals surface area contributed by atoms with Crippen molar-refractivity contribution in [1.82, 2.24) is 4.90 Å². The van der Waals surface area contributed by atoms with Crippen LogP contribution in [0.3, 0.4) is 0 Å². The number of benzene rings is 4. The maximum atomic E-state index is 6.30. The number of rotatable bonds is 11. The molecule has 1 aliphatic heterocycles. The van der Waals surface area contributed by atoms with Crippen molar-refractivity contribution < 1.29 is 18.9 Å². The highest BCUT2D eigenvalue weighted by molar-refractivity contribution is 5.73. The maximum absolute atomic E-state index is 6.30. The molecule has 5 nitrogen and oxygen atoms in total. The molecule has 1 aliphatic rings. The molecule has 1 heterocycles. The van der Waals surface area contributed by atoms with E-state index in [0.717, 1.165) is 52.0 Å². The summed E-state index contributed by atoms with van der Waals surface area (Å²) in [6.07, 6.45) is 3.91. The van der Waals surface area contributed by atoms with E-state index in [1.165, 1.54) is 32.4 Å². The van der Waals surface area contributed by atoms with Crippen LogP contribution in [0.5, 0.6) is 28.7 Å². The highest BCUT2D eigenvalue weighted by Gasteiger charge is 2.13. The molecular weight excluding hydrogens is 474 g/mol. The molecule has 0 bridgehead atoms. The van der Waals surface area contributed by atoms with Crippen LogP contribution in [0, 0.1) is 0 Å². The van der Waals surface area contributed by atoms with Crippen LogP contribution in [0.4, 0.5) is 0 Å². The first kappa shape index (κ1) is 25.7. The van der Waals surface area contributed by atoms with E-state index in [2.05, 4.69) is 35.2 Å². The molecule has 0 N–H and O–H groups in total. The molecule has 5 heteroatoms. The fourth-order valence-corrected chi connectivity index (χ4v) is 4.63. The average molecular weight is 510 g/mol. The number of piperidine rings is 1. The van der Waals surface area contributed by atoms with E-state index in [9.17, 15) is 0 Å². The molecule has 0 aromatic heterocycles. The number of nitrogens with zero attached hydrogens (tertiary/aromatic N) is 1. The lowest BCUT2D eigenvalue weighted by molar-refractivity contribution is 0.183. The minimum absolute atomic E-state index is 0.534. The van der Waals surface area contributed by atoms with Gasteiger partial charge in [-0.1, -0.05) is 48.9 Å². The number of ether oxygens (including phenoxy) is 4. The summed E-state index contributed by atoms with van der Waals surface area (Å²) in [4.78, 5) is 2.49. The van der Waals surface area contributed by atoms with Gasteiger partial charge in [-0.2, -0.15) is 0 Å². The Balaban J connectivity index is 1.32. The molecule has 0 atom stereocenters. The van der Waals surface area contributed by atoms with Crippen LogP contribution < -0.4 is 18.9 Å². The largest absolute Gasteiger partial charge is 0.497 e. The SMILES string of the molecule is COc1ccc(Oc2ccc(OCCN3CCCCC3)cc2-c2ccc(OCc3ccccc3)cc2)cc1. The monoisotopic (exact) mass is 509 g/mol. The third-order valence-electron chi connectivity index (χ3n) is 6.78. The van der Waals surface area contributed by atoms with Gasteiger partial charge in [-0.05, 0) is 91.7 Å². The summed E-state index contributed by atoms with van der Waals surface area (Å²) in [6.45, 7) is 4.49. The van der Waals surface area contributed by atoms with Gasteiger partial charge in [-0.3, -0.25) is 4.90 Å². The molecule has 0 saturated carbocycles. The zero-order valence-corrected chi connectivity index (χ0v) is 22.0. The van der Waals surface area contributed by atoms with Gasteiger partial charge < -0.3 is 18.9 Å². The highest BCUT2D eigenvalue weighted by atomic mass is 16.5. The fourth-order valence-electron chi connectivity index (χ4n) is 4.63. The quantitative estimate of drug-likeness (QED) is 0.208. The van der Waals surface area contributed by atoms with Crippen LogP contribution in [0.1, 0.15) is 24.8 Å². The van der Waals surface area contributed by atoms with Gasteiger partial charge in [0.25, 0.3) is 0 Å². The van der Waals surface area contributed by atoms with Crippen molar-refractivity contribution in [3.63, 3.8) is 0 Å². The lowest BCUT2D eigenvalue weighted by Crippen LogP contribution is -2.33. The van der Waals surface area contributed by atoms with Crippen molar-refractivity contribution in [2.45, 2.75) is 25.9 Å². The predicted octanol–water partition coefficient (Wildman–Crippen LogP) is 7.60. The van der Waals surface area contributed by atoms with E-state index in [0.29, 0.717) is 13.2 Å². The molecule has 196 valence electrons.